The lowest BCUT2D eigenvalue weighted by Gasteiger charge is -2.13. The van der Waals surface area contributed by atoms with Gasteiger partial charge in [-0.1, -0.05) is 30.3 Å². The molecule has 20 heavy (non-hydrogen) atoms. The highest BCUT2D eigenvalue weighted by molar-refractivity contribution is 5.95. The molecular formula is C15H16N2O3. The number of amides is 1. The number of rotatable bonds is 4. The molecule has 1 unspecified atom stereocenters. The number of ether oxygens (including phenoxy) is 1. The van der Waals surface area contributed by atoms with Gasteiger partial charge >= 0.3 is 0 Å². The lowest BCUT2D eigenvalue weighted by atomic mass is 10.1. The van der Waals surface area contributed by atoms with Crippen LogP contribution in [0.2, 0.25) is 0 Å². The average Bonchev–Trinajstić information content (AvgIpc) is 2.47. The van der Waals surface area contributed by atoms with Crippen molar-refractivity contribution >= 4 is 11.6 Å². The maximum Gasteiger partial charge on any atom is 0.245 e. The molecule has 0 aliphatic rings. The Morgan fingerprint density at radius 2 is 1.95 bits per heavy atom. The molecule has 104 valence electrons. The Bertz CT molecular complexity index is 599. The molecule has 2 aromatic carbocycles. The molecular weight excluding hydrogens is 256 g/mol. The Morgan fingerprint density at radius 3 is 2.55 bits per heavy atom. The van der Waals surface area contributed by atoms with Gasteiger partial charge in [0.15, 0.2) is 11.5 Å². The van der Waals surface area contributed by atoms with E-state index in [9.17, 15) is 9.90 Å². The summed E-state index contributed by atoms with van der Waals surface area (Å²) < 4.78 is 4.93. The van der Waals surface area contributed by atoms with Crippen LogP contribution in [0, 0.1) is 0 Å². The van der Waals surface area contributed by atoms with E-state index in [4.69, 9.17) is 10.5 Å². The SMILES string of the molecule is COc1ccc(NC(=O)C(N)c2ccccc2)cc1O. The van der Waals surface area contributed by atoms with Crippen LogP contribution in [0.1, 0.15) is 11.6 Å². The minimum atomic E-state index is -0.763. The van der Waals surface area contributed by atoms with Crippen molar-refractivity contribution in [3.63, 3.8) is 0 Å². The van der Waals surface area contributed by atoms with Crippen LogP contribution in [0.5, 0.6) is 11.5 Å². The molecule has 1 atom stereocenters. The smallest absolute Gasteiger partial charge is 0.245 e. The van der Waals surface area contributed by atoms with E-state index in [0.29, 0.717) is 11.4 Å². The number of anilines is 1. The summed E-state index contributed by atoms with van der Waals surface area (Å²) in [6.45, 7) is 0. The second-order valence-electron chi connectivity index (χ2n) is 4.26. The summed E-state index contributed by atoms with van der Waals surface area (Å²) in [7, 11) is 1.46. The lowest BCUT2D eigenvalue weighted by Crippen LogP contribution is -2.27. The van der Waals surface area contributed by atoms with E-state index in [1.54, 1.807) is 24.3 Å². The maximum absolute atomic E-state index is 12.0. The summed E-state index contributed by atoms with van der Waals surface area (Å²) in [6.07, 6.45) is 0. The van der Waals surface area contributed by atoms with Crippen LogP contribution in [-0.4, -0.2) is 18.1 Å². The van der Waals surface area contributed by atoms with Gasteiger partial charge in [0.2, 0.25) is 5.91 Å². The van der Waals surface area contributed by atoms with Crippen molar-refractivity contribution in [1.82, 2.24) is 0 Å². The second-order valence-corrected chi connectivity index (χ2v) is 4.26. The van der Waals surface area contributed by atoms with Crippen LogP contribution in [0.15, 0.2) is 48.5 Å². The van der Waals surface area contributed by atoms with Crippen LogP contribution in [0.4, 0.5) is 5.69 Å². The molecule has 0 spiro atoms. The monoisotopic (exact) mass is 272 g/mol. The third kappa shape index (κ3) is 3.07. The number of nitrogens with one attached hydrogen (secondary N) is 1. The van der Waals surface area contributed by atoms with Crippen molar-refractivity contribution in [3.8, 4) is 11.5 Å². The Labute approximate surface area is 117 Å². The second kappa shape index (κ2) is 6.08. The molecule has 5 nitrogen and oxygen atoms in total. The molecule has 5 heteroatoms. The van der Waals surface area contributed by atoms with Crippen LogP contribution < -0.4 is 15.8 Å². The average molecular weight is 272 g/mol. The van der Waals surface area contributed by atoms with Crippen molar-refractivity contribution in [1.29, 1.82) is 0 Å². The largest absolute Gasteiger partial charge is 0.504 e. The molecule has 0 heterocycles. The lowest BCUT2D eigenvalue weighted by molar-refractivity contribution is -0.117. The van der Waals surface area contributed by atoms with E-state index in [0.717, 1.165) is 5.56 Å². The Balaban J connectivity index is 2.10. The number of nitrogens with two attached hydrogens (primary N) is 1. The Morgan fingerprint density at radius 1 is 1.25 bits per heavy atom. The fourth-order valence-corrected chi connectivity index (χ4v) is 1.80. The molecule has 0 aliphatic carbocycles. The fourth-order valence-electron chi connectivity index (χ4n) is 1.80. The fraction of sp³-hybridized carbons (Fsp3) is 0.133. The molecule has 0 aliphatic heterocycles. The van der Waals surface area contributed by atoms with Gasteiger partial charge in [-0.3, -0.25) is 4.79 Å². The number of carbonyl (C=O) groups excluding carboxylic acids is 1. The highest BCUT2D eigenvalue weighted by atomic mass is 16.5. The van der Waals surface area contributed by atoms with Gasteiger partial charge < -0.3 is 20.9 Å². The molecule has 0 saturated heterocycles. The Kier molecular flexibility index (Phi) is 4.22. The number of phenolic OH excluding ortho intramolecular Hbond substituents is 1. The van der Waals surface area contributed by atoms with Crippen molar-refractivity contribution in [2.75, 3.05) is 12.4 Å². The topological polar surface area (TPSA) is 84.6 Å². The van der Waals surface area contributed by atoms with E-state index in [-0.39, 0.29) is 11.7 Å². The van der Waals surface area contributed by atoms with Gasteiger partial charge in [-0.2, -0.15) is 0 Å². The van der Waals surface area contributed by atoms with E-state index < -0.39 is 6.04 Å². The molecule has 0 aromatic heterocycles. The first-order valence-corrected chi connectivity index (χ1v) is 6.10. The third-order valence-electron chi connectivity index (χ3n) is 2.89. The van der Waals surface area contributed by atoms with Crippen LogP contribution in [0.25, 0.3) is 0 Å². The normalized spacial score (nSPS) is 11.7. The molecule has 4 N–H and O–H groups in total. The number of benzene rings is 2. The zero-order valence-electron chi connectivity index (χ0n) is 11.0. The molecule has 2 aromatic rings. The van der Waals surface area contributed by atoms with Crippen LogP contribution in [0.3, 0.4) is 0 Å². The minimum absolute atomic E-state index is 0.0430. The first-order chi connectivity index (χ1) is 9.61. The summed E-state index contributed by atoms with van der Waals surface area (Å²) in [5.41, 5.74) is 7.06. The summed E-state index contributed by atoms with van der Waals surface area (Å²) in [5.74, 6) is -0.0466. The predicted octanol–water partition coefficient (Wildman–Crippen LogP) is 2.04. The molecule has 0 bridgehead atoms. The maximum atomic E-state index is 12.0. The van der Waals surface area contributed by atoms with Gasteiger partial charge in [-0.15, -0.1) is 0 Å². The van der Waals surface area contributed by atoms with Gasteiger partial charge in [0.25, 0.3) is 0 Å². The number of hydrogen-bond donors (Lipinski definition) is 3. The molecule has 0 saturated carbocycles. The molecule has 1 amide bonds. The molecule has 0 radical (unpaired) electrons. The minimum Gasteiger partial charge on any atom is -0.504 e. The summed E-state index contributed by atoms with van der Waals surface area (Å²) in [4.78, 5) is 12.0. The summed E-state index contributed by atoms with van der Waals surface area (Å²) in [6, 6.07) is 12.9. The van der Waals surface area contributed by atoms with E-state index >= 15 is 0 Å². The van der Waals surface area contributed by atoms with Crippen molar-refractivity contribution < 1.29 is 14.6 Å². The van der Waals surface area contributed by atoms with E-state index in [1.165, 1.54) is 13.2 Å². The Hall–Kier alpha value is -2.53. The molecule has 0 fully saturated rings. The third-order valence-corrected chi connectivity index (χ3v) is 2.89. The zero-order valence-corrected chi connectivity index (χ0v) is 11.0. The van der Waals surface area contributed by atoms with E-state index in [2.05, 4.69) is 5.32 Å². The quantitative estimate of drug-likeness (QED) is 0.795. The van der Waals surface area contributed by atoms with Gasteiger partial charge in [0.1, 0.15) is 6.04 Å². The zero-order chi connectivity index (χ0) is 14.5. The number of aromatic hydroxyl groups is 1. The van der Waals surface area contributed by atoms with Gasteiger partial charge in [-0.25, -0.2) is 0 Å². The van der Waals surface area contributed by atoms with Gasteiger partial charge in [-0.05, 0) is 17.7 Å². The number of phenols is 1. The first kappa shape index (κ1) is 13.9. The van der Waals surface area contributed by atoms with E-state index in [1.807, 2.05) is 18.2 Å². The molecule has 2 rings (SSSR count). The van der Waals surface area contributed by atoms with Crippen molar-refractivity contribution in [2.24, 2.45) is 5.73 Å². The van der Waals surface area contributed by atoms with Gasteiger partial charge in [0.05, 0.1) is 7.11 Å². The predicted molar refractivity (Wildman–Crippen MR) is 76.7 cm³/mol. The highest BCUT2D eigenvalue weighted by Gasteiger charge is 2.16. The highest BCUT2D eigenvalue weighted by Crippen LogP contribution is 2.28. The first-order valence-electron chi connectivity index (χ1n) is 6.10. The number of hydrogen-bond acceptors (Lipinski definition) is 4. The summed E-state index contributed by atoms with van der Waals surface area (Å²) >= 11 is 0. The van der Waals surface area contributed by atoms with Crippen molar-refractivity contribution in [3.05, 3.63) is 54.1 Å². The van der Waals surface area contributed by atoms with Crippen LogP contribution >= 0.6 is 0 Å². The van der Waals surface area contributed by atoms with Gasteiger partial charge in [0, 0.05) is 11.8 Å². The van der Waals surface area contributed by atoms with Crippen LogP contribution in [-0.2, 0) is 4.79 Å². The standard InChI is InChI=1S/C15H16N2O3/c1-20-13-8-7-11(9-12(13)18)17-15(19)14(16)10-5-3-2-4-6-10/h2-9,14,18H,16H2,1H3,(H,17,19). The number of methoxy groups -OCH3 is 1. The summed E-state index contributed by atoms with van der Waals surface area (Å²) in [5, 5.41) is 12.3. The number of carbonyl (C=O) groups is 1. The van der Waals surface area contributed by atoms with Crippen molar-refractivity contribution in [2.45, 2.75) is 6.04 Å².